The van der Waals surface area contributed by atoms with Crippen LogP contribution >= 0.6 is 8.37 Å². The molecular formula is C27H32N3P. The summed E-state index contributed by atoms with van der Waals surface area (Å²) in [4.78, 5) is 0. The first-order chi connectivity index (χ1) is 15.2. The van der Waals surface area contributed by atoms with Crippen LogP contribution in [0.2, 0.25) is 0 Å². The van der Waals surface area contributed by atoms with Gasteiger partial charge in [0.1, 0.15) is 0 Å². The van der Waals surface area contributed by atoms with Crippen LogP contribution in [-0.2, 0) is 0 Å². The first-order valence-electron chi connectivity index (χ1n) is 11.5. The van der Waals surface area contributed by atoms with E-state index in [1.54, 1.807) is 0 Å². The van der Waals surface area contributed by atoms with Crippen LogP contribution in [0.3, 0.4) is 0 Å². The van der Waals surface area contributed by atoms with Crippen molar-refractivity contribution >= 4 is 14.1 Å². The number of anilines is 1. The van der Waals surface area contributed by atoms with Crippen molar-refractivity contribution in [3.63, 3.8) is 0 Å². The lowest BCUT2D eigenvalue weighted by atomic mass is 10.0. The number of fused-ring (bicyclic) bond motifs is 1. The summed E-state index contributed by atoms with van der Waals surface area (Å²) in [7, 11) is -0.615. The molecule has 0 amide bonds. The van der Waals surface area contributed by atoms with E-state index in [9.17, 15) is 0 Å². The van der Waals surface area contributed by atoms with E-state index in [2.05, 4.69) is 119 Å². The van der Waals surface area contributed by atoms with Gasteiger partial charge in [-0.25, -0.2) is 9.34 Å². The minimum Gasteiger partial charge on any atom is -0.324 e. The van der Waals surface area contributed by atoms with Crippen molar-refractivity contribution in [1.82, 2.24) is 9.34 Å². The fourth-order valence-electron chi connectivity index (χ4n) is 5.13. The molecule has 2 aliphatic heterocycles. The monoisotopic (exact) mass is 429 g/mol. The third-order valence-corrected chi connectivity index (χ3v) is 9.71. The third kappa shape index (κ3) is 4.03. The van der Waals surface area contributed by atoms with Gasteiger partial charge in [0, 0.05) is 36.9 Å². The predicted molar refractivity (Wildman–Crippen MR) is 132 cm³/mol. The molecule has 4 atom stereocenters. The Hall–Kier alpha value is -2.19. The molecule has 0 radical (unpaired) electrons. The zero-order valence-corrected chi connectivity index (χ0v) is 19.4. The molecule has 0 aliphatic carbocycles. The standard InChI is InChI=1S/C27H32N3P/c1-22(24-13-6-3-7-14-24)30(23(2)25-15-8-4-9-16-25)31-28-20-12-19-27(28)21-29(31)26-17-10-5-11-18-26/h3-11,13-18,22-23,27H,12,19-21H2,1-2H3/t22-,23-,27-,31+/m0/s1. The first kappa shape index (κ1) is 20.7. The molecule has 0 aromatic heterocycles. The molecule has 2 fully saturated rings. The highest BCUT2D eigenvalue weighted by atomic mass is 31.2. The molecule has 4 heteroatoms. The number of hydrogen-bond donors (Lipinski definition) is 0. The van der Waals surface area contributed by atoms with Crippen LogP contribution < -0.4 is 4.67 Å². The van der Waals surface area contributed by atoms with Crippen molar-refractivity contribution in [2.24, 2.45) is 0 Å². The van der Waals surface area contributed by atoms with E-state index in [4.69, 9.17) is 0 Å². The van der Waals surface area contributed by atoms with Crippen LogP contribution in [0, 0.1) is 0 Å². The average Bonchev–Trinajstić information content (AvgIpc) is 3.43. The molecule has 0 N–H and O–H groups in total. The topological polar surface area (TPSA) is 9.72 Å². The number of rotatable bonds is 6. The molecule has 0 unspecified atom stereocenters. The second-order valence-electron chi connectivity index (χ2n) is 8.70. The molecule has 2 aliphatic rings. The van der Waals surface area contributed by atoms with E-state index in [0.29, 0.717) is 18.1 Å². The highest BCUT2D eigenvalue weighted by Gasteiger charge is 2.48. The molecule has 0 bridgehead atoms. The number of hydrogen-bond acceptors (Lipinski definition) is 3. The highest BCUT2D eigenvalue weighted by molar-refractivity contribution is 7.55. The van der Waals surface area contributed by atoms with E-state index in [1.165, 1.54) is 36.2 Å². The summed E-state index contributed by atoms with van der Waals surface area (Å²) in [5, 5.41) is 0. The average molecular weight is 430 g/mol. The van der Waals surface area contributed by atoms with Gasteiger partial charge in [-0.3, -0.25) is 0 Å². The van der Waals surface area contributed by atoms with Crippen molar-refractivity contribution in [2.45, 2.75) is 44.8 Å². The second kappa shape index (κ2) is 9.12. The SMILES string of the molecule is C[C@@H](c1ccccc1)N([C@@H](C)c1ccccc1)[P@@]1N(c2ccccc2)C[C@@H]2CCCN21. The first-order valence-corrected chi connectivity index (χ1v) is 12.7. The zero-order chi connectivity index (χ0) is 21.2. The van der Waals surface area contributed by atoms with E-state index < -0.39 is 8.37 Å². The largest absolute Gasteiger partial charge is 0.324 e. The zero-order valence-electron chi connectivity index (χ0n) is 18.5. The Bertz CT molecular complexity index is 920. The molecule has 3 aromatic rings. The normalized spacial score (nSPS) is 23.1. The minimum absolute atomic E-state index is 0.327. The second-order valence-corrected chi connectivity index (χ2v) is 10.7. The molecule has 31 heavy (non-hydrogen) atoms. The van der Waals surface area contributed by atoms with Gasteiger partial charge in [-0.05, 0) is 49.9 Å². The lowest BCUT2D eigenvalue weighted by Crippen LogP contribution is -2.34. The van der Waals surface area contributed by atoms with Crippen LogP contribution in [-0.4, -0.2) is 28.5 Å². The van der Waals surface area contributed by atoms with Crippen molar-refractivity contribution in [2.75, 3.05) is 17.8 Å². The summed E-state index contributed by atoms with van der Waals surface area (Å²) in [5.74, 6) is 0. The van der Waals surface area contributed by atoms with Crippen molar-refractivity contribution in [3.05, 3.63) is 102 Å². The van der Waals surface area contributed by atoms with Crippen LogP contribution in [0.1, 0.15) is 49.9 Å². The number of para-hydroxylation sites is 1. The molecule has 0 spiro atoms. The Labute approximate surface area is 188 Å². The van der Waals surface area contributed by atoms with Gasteiger partial charge in [0.15, 0.2) is 8.37 Å². The molecule has 2 saturated heterocycles. The smallest absolute Gasteiger partial charge is 0.150 e. The summed E-state index contributed by atoms with van der Waals surface area (Å²) in [6.07, 6.45) is 2.63. The lowest BCUT2D eigenvalue weighted by molar-refractivity contribution is 0.279. The quantitative estimate of drug-likeness (QED) is 0.390. The summed E-state index contributed by atoms with van der Waals surface area (Å²) in [6.45, 7) is 7.13. The van der Waals surface area contributed by atoms with Gasteiger partial charge in [-0.15, -0.1) is 0 Å². The van der Waals surface area contributed by atoms with Gasteiger partial charge in [-0.2, -0.15) is 0 Å². The Morgan fingerprint density at radius 2 is 1.29 bits per heavy atom. The van der Waals surface area contributed by atoms with Crippen LogP contribution in [0.25, 0.3) is 0 Å². The van der Waals surface area contributed by atoms with Gasteiger partial charge in [0.2, 0.25) is 0 Å². The third-order valence-electron chi connectivity index (χ3n) is 6.79. The maximum absolute atomic E-state index is 2.82. The summed E-state index contributed by atoms with van der Waals surface area (Å²) < 4.78 is 8.33. The molecular weight excluding hydrogens is 397 g/mol. The van der Waals surface area contributed by atoms with E-state index in [-0.39, 0.29) is 0 Å². The van der Waals surface area contributed by atoms with E-state index in [0.717, 1.165) is 6.54 Å². The summed E-state index contributed by atoms with van der Waals surface area (Å²) >= 11 is 0. The fraction of sp³-hybridized carbons (Fsp3) is 0.333. The Morgan fingerprint density at radius 1 is 0.774 bits per heavy atom. The molecule has 2 heterocycles. The van der Waals surface area contributed by atoms with Crippen molar-refractivity contribution in [3.8, 4) is 0 Å². The Balaban J connectivity index is 1.59. The molecule has 5 rings (SSSR count). The van der Waals surface area contributed by atoms with Gasteiger partial charge < -0.3 is 4.67 Å². The fourth-order valence-corrected chi connectivity index (χ4v) is 8.29. The van der Waals surface area contributed by atoms with E-state index in [1.807, 2.05) is 0 Å². The van der Waals surface area contributed by atoms with Crippen LogP contribution in [0.4, 0.5) is 5.69 Å². The number of nitrogens with zero attached hydrogens (tertiary/aromatic N) is 3. The predicted octanol–water partition coefficient (Wildman–Crippen LogP) is 7.02. The van der Waals surface area contributed by atoms with E-state index >= 15 is 0 Å². The molecule has 0 saturated carbocycles. The van der Waals surface area contributed by atoms with Crippen molar-refractivity contribution in [1.29, 1.82) is 0 Å². The van der Waals surface area contributed by atoms with Gasteiger partial charge in [0.25, 0.3) is 0 Å². The molecule has 160 valence electrons. The van der Waals surface area contributed by atoms with Crippen LogP contribution in [0.5, 0.6) is 0 Å². The minimum atomic E-state index is -0.615. The van der Waals surface area contributed by atoms with Crippen LogP contribution in [0.15, 0.2) is 91.0 Å². The van der Waals surface area contributed by atoms with Crippen molar-refractivity contribution < 1.29 is 0 Å². The lowest BCUT2D eigenvalue weighted by Gasteiger charge is -2.45. The Morgan fingerprint density at radius 3 is 1.84 bits per heavy atom. The Kier molecular flexibility index (Phi) is 6.09. The number of benzene rings is 3. The summed E-state index contributed by atoms with van der Waals surface area (Å²) in [5.41, 5.74) is 4.14. The molecule has 3 nitrogen and oxygen atoms in total. The molecule has 3 aromatic carbocycles. The van der Waals surface area contributed by atoms with Gasteiger partial charge in [0.05, 0.1) is 0 Å². The van der Waals surface area contributed by atoms with Gasteiger partial charge >= 0.3 is 0 Å². The maximum atomic E-state index is 2.82. The maximum Gasteiger partial charge on any atom is 0.150 e. The highest BCUT2D eigenvalue weighted by Crippen LogP contribution is 2.63. The van der Waals surface area contributed by atoms with Gasteiger partial charge in [-0.1, -0.05) is 78.9 Å². The summed E-state index contributed by atoms with van der Waals surface area (Å²) in [6, 6.07) is 34.5.